The third kappa shape index (κ3) is 6.38. The van der Waals surface area contributed by atoms with Gasteiger partial charge in [0.15, 0.2) is 12.4 Å². The number of aliphatic carboxylic acids is 1. The molecule has 0 amide bonds. The maximum absolute atomic E-state index is 12.6. The van der Waals surface area contributed by atoms with Gasteiger partial charge in [-0.15, -0.1) is 6.58 Å². The van der Waals surface area contributed by atoms with Crippen LogP contribution in [0, 0.1) is 17.8 Å². The Labute approximate surface area is 229 Å². The van der Waals surface area contributed by atoms with Gasteiger partial charge in [0.1, 0.15) is 36.2 Å². The number of rotatable bonds is 10. The first-order valence-corrected chi connectivity index (χ1v) is 12.7. The zero-order valence-corrected chi connectivity index (χ0v) is 21.9. The molecule has 15 heteroatoms. The fourth-order valence-corrected chi connectivity index (χ4v) is 5.29. The highest BCUT2D eigenvalue weighted by atomic mass is 16.8. The molecule has 3 heterocycles. The Morgan fingerprint density at radius 1 is 1.20 bits per heavy atom. The summed E-state index contributed by atoms with van der Waals surface area (Å²) in [7, 11) is 1.08. The van der Waals surface area contributed by atoms with Crippen molar-refractivity contribution in [2.45, 2.75) is 48.7 Å². The highest BCUT2D eigenvalue weighted by molar-refractivity contribution is 5.91. The van der Waals surface area contributed by atoms with E-state index in [0.29, 0.717) is 13.1 Å². The third-order valence-electron chi connectivity index (χ3n) is 7.54. The number of hydrogen-bond acceptors (Lipinski definition) is 14. The molecule has 3 aliphatic heterocycles. The van der Waals surface area contributed by atoms with Crippen molar-refractivity contribution >= 4 is 11.9 Å². The number of carboxylic acid groups (broad SMARTS) is 1. The number of carboxylic acids is 1. The first-order chi connectivity index (χ1) is 18.8. The number of esters is 1. The molecule has 226 valence electrons. The molecule has 0 aromatic carbocycles. The van der Waals surface area contributed by atoms with Gasteiger partial charge < -0.3 is 69.5 Å². The summed E-state index contributed by atoms with van der Waals surface area (Å²) < 4.78 is 21.1. The zero-order valence-electron chi connectivity index (χ0n) is 21.9. The monoisotopic (exact) mass is 575 g/mol. The largest absolute Gasteiger partial charge is 0.550 e. The molecule has 40 heavy (non-hydrogen) atoms. The minimum Gasteiger partial charge on any atom is -0.550 e. The summed E-state index contributed by atoms with van der Waals surface area (Å²) in [6.45, 7) is 3.62. The fourth-order valence-electron chi connectivity index (χ4n) is 5.29. The van der Waals surface area contributed by atoms with Crippen LogP contribution in [0.5, 0.6) is 0 Å². The number of carbonyl (C=O) groups is 2. The van der Waals surface area contributed by atoms with E-state index in [4.69, 9.17) is 18.9 Å². The van der Waals surface area contributed by atoms with Crippen LogP contribution in [0.25, 0.3) is 0 Å². The maximum atomic E-state index is 12.6. The van der Waals surface area contributed by atoms with Crippen molar-refractivity contribution in [1.29, 1.82) is 0 Å². The standard InChI is InChI=1S/C25H37NO14/c1-3-15-22(40-23-19(30)25(35,36)18(29)17(11-28)39-23)38-12-16(21(33)37-2)24(15,34)5-4-13-8-14(20(31)32)10-26(9-13)6-7-27/h3-5,12-15,17-19,22-23,27-30,34-36H,1,6-11H2,2H3,(H,31,32). The summed E-state index contributed by atoms with van der Waals surface area (Å²) in [6.07, 6.45) is -4.37. The maximum Gasteiger partial charge on any atom is 0.340 e. The fraction of sp³-hybridized carbons (Fsp3) is 0.680. The number of likely N-dealkylation sites (tertiary alicyclic amines) is 1. The Kier molecular flexibility index (Phi) is 10.5. The van der Waals surface area contributed by atoms with Crippen LogP contribution < -0.4 is 10.0 Å². The number of carbonyl (C=O) groups excluding carboxylic acids is 2. The summed E-state index contributed by atoms with van der Waals surface area (Å²) in [6, 6.07) is 0. The van der Waals surface area contributed by atoms with Crippen LogP contribution in [0.1, 0.15) is 6.42 Å². The lowest BCUT2D eigenvalue weighted by molar-refractivity contribution is -0.911. The summed E-state index contributed by atoms with van der Waals surface area (Å²) in [5.41, 5.74) is -2.58. The van der Waals surface area contributed by atoms with Gasteiger partial charge in [0.2, 0.25) is 12.1 Å². The van der Waals surface area contributed by atoms with Gasteiger partial charge in [-0.25, -0.2) is 4.79 Å². The number of hydrogen-bond donors (Lipinski definition) is 8. The van der Waals surface area contributed by atoms with E-state index >= 15 is 0 Å². The third-order valence-corrected chi connectivity index (χ3v) is 7.54. The van der Waals surface area contributed by atoms with Crippen LogP contribution in [-0.4, -0.2) is 130 Å². The van der Waals surface area contributed by atoms with Crippen LogP contribution in [0.3, 0.4) is 0 Å². The lowest BCUT2D eigenvalue weighted by Gasteiger charge is -2.47. The van der Waals surface area contributed by atoms with E-state index in [1.54, 1.807) is 0 Å². The highest BCUT2D eigenvalue weighted by Gasteiger charge is 2.57. The first-order valence-electron chi connectivity index (χ1n) is 12.7. The van der Waals surface area contributed by atoms with Crippen molar-refractivity contribution in [2.75, 3.05) is 40.0 Å². The molecule has 2 saturated heterocycles. The molecule has 2 fully saturated rings. The SMILES string of the molecule is C=CC1C(OC2OC(CO)C(O)C(O)(O)C2O)OC=C(C(=O)OC)C1(O)C=CC1CC(C(=O)[O-])C[NH+](CCO)C1. The van der Waals surface area contributed by atoms with E-state index in [-0.39, 0.29) is 25.1 Å². The number of piperidine rings is 1. The minimum atomic E-state index is -3.14. The van der Waals surface area contributed by atoms with Crippen molar-refractivity contribution in [1.82, 2.24) is 0 Å². The molecule has 0 bridgehead atoms. The Bertz CT molecular complexity index is 985. The van der Waals surface area contributed by atoms with Gasteiger partial charge in [-0.05, 0) is 6.42 Å². The molecule has 0 aliphatic carbocycles. The number of aliphatic hydroxyl groups excluding tert-OH is 4. The Hall–Kier alpha value is -2.44. The predicted octanol–water partition coefficient (Wildman–Crippen LogP) is -6.11. The second kappa shape index (κ2) is 13.0. The molecule has 3 aliphatic rings. The summed E-state index contributed by atoms with van der Waals surface area (Å²) in [5, 5.41) is 82.9. The molecule has 0 saturated carbocycles. The molecule has 10 atom stereocenters. The highest BCUT2D eigenvalue weighted by Crippen LogP contribution is 2.40. The lowest BCUT2D eigenvalue weighted by atomic mass is 9.77. The Morgan fingerprint density at radius 2 is 1.90 bits per heavy atom. The Morgan fingerprint density at radius 3 is 2.48 bits per heavy atom. The van der Waals surface area contributed by atoms with Crippen molar-refractivity contribution in [3.8, 4) is 0 Å². The van der Waals surface area contributed by atoms with Gasteiger partial charge >= 0.3 is 5.97 Å². The number of nitrogens with one attached hydrogen (secondary N) is 1. The van der Waals surface area contributed by atoms with E-state index in [1.807, 2.05) is 0 Å². The molecule has 15 nitrogen and oxygen atoms in total. The van der Waals surface area contributed by atoms with Crippen molar-refractivity contribution in [3.63, 3.8) is 0 Å². The Balaban J connectivity index is 1.92. The van der Waals surface area contributed by atoms with E-state index in [9.17, 15) is 50.4 Å². The second-order valence-electron chi connectivity index (χ2n) is 10.2. The minimum absolute atomic E-state index is 0.161. The average molecular weight is 576 g/mol. The molecule has 0 aromatic heterocycles. The van der Waals surface area contributed by atoms with Gasteiger partial charge in [0.25, 0.3) is 0 Å². The summed E-state index contributed by atoms with van der Waals surface area (Å²) in [4.78, 5) is 25.0. The van der Waals surface area contributed by atoms with Crippen molar-refractivity contribution in [3.05, 3.63) is 36.6 Å². The number of quaternary nitrogens is 1. The van der Waals surface area contributed by atoms with Gasteiger partial charge in [0, 0.05) is 11.8 Å². The average Bonchev–Trinajstić information content (AvgIpc) is 2.92. The lowest BCUT2D eigenvalue weighted by Crippen LogP contribution is -3.15. The van der Waals surface area contributed by atoms with E-state index in [0.717, 1.165) is 18.3 Å². The van der Waals surface area contributed by atoms with Crippen LogP contribution in [0.15, 0.2) is 36.6 Å². The smallest absolute Gasteiger partial charge is 0.340 e. The molecule has 0 radical (unpaired) electrons. The van der Waals surface area contributed by atoms with Crippen molar-refractivity contribution < 1.29 is 74.3 Å². The molecule has 8 N–H and O–H groups in total. The predicted molar refractivity (Wildman–Crippen MR) is 128 cm³/mol. The topological polar surface area (TPSA) is 240 Å². The molecule has 0 spiro atoms. The van der Waals surface area contributed by atoms with Crippen LogP contribution in [-0.2, 0) is 28.5 Å². The normalized spacial score (nSPS) is 39.7. The molecule has 10 unspecified atom stereocenters. The number of aliphatic hydroxyl groups is 7. The van der Waals surface area contributed by atoms with Crippen molar-refractivity contribution in [2.24, 2.45) is 17.8 Å². The van der Waals surface area contributed by atoms with Gasteiger partial charge in [-0.2, -0.15) is 0 Å². The second-order valence-corrected chi connectivity index (χ2v) is 10.2. The summed E-state index contributed by atoms with van der Waals surface area (Å²) in [5.74, 6) is -7.89. The molecule has 0 aromatic rings. The zero-order chi connectivity index (χ0) is 29.8. The van der Waals surface area contributed by atoms with E-state index in [1.165, 1.54) is 18.2 Å². The van der Waals surface area contributed by atoms with Gasteiger partial charge in [-0.3, -0.25) is 0 Å². The molecule has 3 rings (SSSR count). The van der Waals surface area contributed by atoms with Gasteiger partial charge in [0.05, 0.1) is 45.3 Å². The number of ether oxygens (including phenoxy) is 4. The van der Waals surface area contributed by atoms with Gasteiger partial charge in [-0.1, -0.05) is 18.2 Å². The van der Waals surface area contributed by atoms with Crippen LogP contribution in [0.2, 0.25) is 0 Å². The van der Waals surface area contributed by atoms with Crippen LogP contribution >= 0.6 is 0 Å². The molecular weight excluding hydrogens is 538 g/mol. The quantitative estimate of drug-likeness (QED) is 0.0687. The van der Waals surface area contributed by atoms with E-state index in [2.05, 4.69) is 6.58 Å². The van der Waals surface area contributed by atoms with E-state index < -0.39 is 78.6 Å². The van der Waals surface area contributed by atoms with Crippen LogP contribution in [0.4, 0.5) is 0 Å². The summed E-state index contributed by atoms with van der Waals surface area (Å²) >= 11 is 0. The number of methoxy groups -OCH3 is 1. The first kappa shape index (κ1) is 32.1. The molecular formula is C25H37NO14.